The zero-order valence-electron chi connectivity index (χ0n) is 12.4. The molecule has 6 nitrogen and oxygen atoms in total. The van der Waals surface area contributed by atoms with Crippen LogP contribution in [0.1, 0.15) is 11.4 Å². The van der Waals surface area contributed by atoms with E-state index in [2.05, 4.69) is 20.3 Å². The molecule has 3 rings (SSSR count). The molecule has 0 radical (unpaired) electrons. The van der Waals surface area contributed by atoms with E-state index in [1.165, 1.54) is 10.8 Å². The van der Waals surface area contributed by atoms with Crippen LogP contribution in [0.25, 0.3) is 5.69 Å². The van der Waals surface area contributed by atoms with E-state index in [0.717, 1.165) is 11.4 Å². The van der Waals surface area contributed by atoms with Gasteiger partial charge in [-0.25, -0.2) is 19.5 Å². The number of hydrogen-bond donors (Lipinski definition) is 2. The van der Waals surface area contributed by atoms with Crippen molar-refractivity contribution in [3.63, 3.8) is 0 Å². The van der Waals surface area contributed by atoms with E-state index >= 15 is 0 Å². The second-order valence-electron chi connectivity index (χ2n) is 4.97. The Labute approximate surface area is 142 Å². The highest BCUT2D eigenvalue weighted by molar-refractivity contribution is 6.42. The summed E-state index contributed by atoms with van der Waals surface area (Å²) in [5.74, 6) is 0.718. The second kappa shape index (κ2) is 6.06. The van der Waals surface area contributed by atoms with Gasteiger partial charge in [0.05, 0.1) is 21.9 Å². The molecule has 0 fully saturated rings. The van der Waals surface area contributed by atoms with Crippen LogP contribution in [0.2, 0.25) is 10.0 Å². The number of anilines is 2. The minimum Gasteiger partial charge on any atom is -0.493 e. The van der Waals surface area contributed by atoms with Crippen molar-refractivity contribution in [1.29, 1.82) is 0 Å². The highest BCUT2D eigenvalue weighted by atomic mass is 35.5. The molecule has 1 aromatic carbocycles. The summed E-state index contributed by atoms with van der Waals surface area (Å²) in [6.07, 6.45) is 1.33. The van der Waals surface area contributed by atoms with Gasteiger partial charge in [-0.15, -0.1) is 0 Å². The molecule has 0 aliphatic heterocycles. The fraction of sp³-hybridized carbons (Fsp3) is 0.133. The third-order valence-corrected chi connectivity index (χ3v) is 3.85. The van der Waals surface area contributed by atoms with Crippen molar-refractivity contribution < 1.29 is 5.11 Å². The molecule has 118 valence electrons. The highest BCUT2D eigenvalue weighted by Gasteiger charge is 2.14. The molecule has 0 saturated heterocycles. The molecule has 8 heteroatoms. The average molecular weight is 350 g/mol. The highest BCUT2D eigenvalue weighted by Crippen LogP contribution is 2.29. The van der Waals surface area contributed by atoms with E-state index in [9.17, 15) is 5.11 Å². The van der Waals surface area contributed by atoms with Crippen molar-refractivity contribution in [3.05, 3.63) is 51.9 Å². The molecule has 0 bridgehead atoms. The van der Waals surface area contributed by atoms with E-state index in [0.29, 0.717) is 27.6 Å². The lowest BCUT2D eigenvalue weighted by atomic mass is 10.3. The maximum Gasteiger partial charge on any atom is 0.229 e. The topological polar surface area (TPSA) is 75.9 Å². The first kappa shape index (κ1) is 15.6. The van der Waals surface area contributed by atoms with Gasteiger partial charge in [0.15, 0.2) is 0 Å². The first-order chi connectivity index (χ1) is 10.9. The Morgan fingerprint density at radius 2 is 1.74 bits per heavy atom. The quantitative estimate of drug-likeness (QED) is 0.746. The number of rotatable bonds is 3. The SMILES string of the molecule is Cc1cc(C)nc(Nc2ncc(O)n2-c2ccc(Cl)c(Cl)c2)n1. The van der Waals surface area contributed by atoms with Gasteiger partial charge in [-0.3, -0.25) is 5.32 Å². The summed E-state index contributed by atoms with van der Waals surface area (Å²) < 4.78 is 1.49. The van der Waals surface area contributed by atoms with Crippen molar-refractivity contribution in [2.45, 2.75) is 13.8 Å². The predicted octanol–water partition coefficient (Wildman–Crippen LogP) is 4.04. The summed E-state index contributed by atoms with van der Waals surface area (Å²) in [6, 6.07) is 6.88. The fourth-order valence-corrected chi connectivity index (χ4v) is 2.48. The summed E-state index contributed by atoms with van der Waals surface area (Å²) in [5.41, 5.74) is 2.27. The van der Waals surface area contributed by atoms with Gasteiger partial charge in [-0.1, -0.05) is 23.2 Å². The zero-order valence-corrected chi connectivity index (χ0v) is 13.9. The molecule has 2 aromatic heterocycles. The number of nitrogens with zero attached hydrogens (tertiary/aromatic N) is 4. The van der Waals surface area contributed by atoms with E-state index in [1.807, 2.05) is 19.9 Å². The lowest BCUT2D eigenvalue weighted by Crippen LogP contribution is -2.05. The van der Waals surface area contributed by atoms with E-state index in [-0.39, 0.29) is 5.88 Å². The molecule has 2 heterocycles. The van der Waals surface area contributed by atoms with Crippen molar-refractivity contribution in [1.82, 2.24) is 19.5 Å². The first-order valence-corrected chi connectivity index (χ1v) is 7.51. The van der Waals surface area contributed by atoms with Crippen LogP contribution in [-0.2, 0) is 0 Å². The molecular weight excluding hydrogens is 337 g/mol. The van der Waals surface area contributed by atoms with Crippen molar-refractivity contribution in [2.75, 3.05) is 5.32 Å². The third-order valence-electron chi connectivity index (χ3n) is 3.11. The van der Waals surface area contributed by atoms with E-state index in [4.69, 9.17) is 23.2 Å². The molecule has 0 aliphatic carbocycles. The normalized spacial score (nSPS) is 10.8. The monoisotopic (exact) mass is 349 g/mol. The molecule has 0 amide bonds. The molecule has 23 heavy (non-hydrogen) atoms. The molecule has 0 atom stereocenters. The van der Waals surface area contributed by atoms with Gasteiger partial charge >= 0.3 is 0 Å². The number of nitrogens with one attached hydrogen (secondary N) is 1. The van der Waals surface area contributed by atoms with Crippen LogP contribution in [0, 0.1) is 13.8 Å². The summed E-state index contributed by atoms with van der Waals surface area (Å²) >= 11 is 12.0. The zero-order chi connectivity index (χ0) is 16.6. The second-order valence-corrected chi connectivity index (χ2v) is 5.79. The molecule has 0 saturated carbocycles. The van der Waals surface area contributed by atoms with Crippen LogP contribution >= 0.6 is 23.2 Å². The van der Waals surface area contributed by atoms with Gasteiger partial charge in [0.1, 0.15) is 0 Å². The fourth-order valence-electron chi connectivity index (χ4n) is 2.19. The number of aryl methyl sites for hydroxylation is 2. The molecule has 0 spiro atoms. The standard InChI is InChI=1S/C15H13Cl2N5O/c1-8-5-9(2)20-14(19-8)21-15-18-7-13(23)22(15)10-3-4-11(16)12(17)6-10/h3-7,23H,1-2H3,(H,18,19,20,21). The molecule has 0 aliphatic rings. The van der Waals surface area contributed by atoms with Crippen LogP contribution in [0.5, 0.6) is 5.88 Å². The largest absolute Gasteiger partial charge is 0.493 e. The van der Waals surface area contributed by atoms with Gasteiger partial charge in [-0.05, 0) is 38.1 Å². The van der Waals surface area contributed by atoms with Crippen molar-refractivity contribution >= 4 is 35.1 Å². The van der Waals surface area contributed by atoms with Gasteiger partial charge in [0.25, 0.3) is 0 Å². The van der Waals surface area contributed by atoms with E-state index < -0.39 is 0 Å². The smallest absolute Gasteiger partial charge is 0.229 e. The van der Waals surface area contributed by atoms with Crippen LogP contribution in [-0.4, -0.2) is 24.6 Å². The number of hydrogen-bond acceptors (Lipinski definition) is 5. The molecular formula is C15H13Cl2N5O. The Kier molecular flexibility index (Phi) is 4.11. The van der Waals surface area contributed by atoms with Crippen molar-refractivity contribution in [2.24, 2.45) is 0 Å². The lowest BCUT2D eigenvalue weighted by Gasteiger charge is -2.11. The Morgan fingerprint density at radius 1 is 1.04 bits per heavy atom. The number of benzene rings is 1. The first-order valence-electron chi connectivity index (χ1n) is 6.75. The van der Waals surface area contributed by atoms with Gasteiger partial charge < -0.3 is 5.11 Å². The average Bonchev–Trinajstić information content (AvgIpc) is 2.82. The third kappa shape index (κ3) is 3.23. The number of imidazole rings is 1. The number of halogens is 2. The minimum atomic E-state index is -0.0461. The Bertz CT molecular complexity index is 858. The Hall–Kier alpha value is -2.31. The van der Waals surface area contributed by atoms with Gasteiger partial charge in [0.2, 0.25) is 17.8 Å². The summed E-state index contributed by atoms with van der Waals surface area (Å²) in [6.45, 7) is 3.76. The summed E-state index contributed by atoms with van der Waals surface area (Å²) in [7, 11) is 0. The Balaban J connectivity index is 2.03. The van der Waals surface area contributed by atoms with E-state index in [1.54, 1.807) is 18.2 Å². The summed E-state index contributed by atoms with van der Waals surface area (Å²) in [4.78, 5) is 12.7. The predicted molar refractivity (Wildman–Crippen MR) is 90.0 cm³/mol. The minimum absolute atomic E-state index is 0.0461. The maximum absolute atomic E-state index is 10.1. The van der Waals surface area contributed by atoms with Crippen LogP contribution in [0.3, 0.4) is 0 Å². The van der Waals surface area contributed by atoms with Crippen LogP contribution in [0.4, 0.5) is 11.9 Å². The number of aromatic nitrogens is 4. The van der Waals surface area contributed by atoms with Crippen LogP contribution < -0.4 is 5.32 Å². The maximum atomic E-state index is 10.1. The molecule has 3 aromatic rings. The Morgan fingerprint density at radius 3 is 2.39 bits per heavy atom. The van der Waals surface area contributed by atoms with Gasteiger partial charge in [-0.2, -0.15) is 0 Å². The van der Waals surface area contributed by atoms with Crippen molar-refractivity contribution in [3.8, 4) is 11.6 Å². The number of aromatic hydroxyl groups is 1. The lowest BCUT2D eigenvalue weighted by molar-refractivity contribution is 0.443. The van der Waals surface area contributed by atoms with Gasteiger partial charge in [0, 0.05) is 11.4 Å². The summed E-state index contributed by atoms with van der Waals surface area (Å²) in [5, 5.41) is 13.9. The molecule has 2 N–H and O–H groups in total. The molecule has 0 unspecified atom stereocenters. The van der Waals surface area contributed by atoms with Crippen LogP contribution in [0.15, 0.2) is 30.5 Å².